The Bertz CT molecular complexity index is 406. The average Bonchev–Trinajstić information content (AvgIpc) is 2.80. The molecule has 0 aromatic carbocycles. The van der Waals surface area contributed by atoms with E-state index in [4.69, 9.17) is 0 Å². The predicted molar refractivity (Wildman–Crippen MR) is 64.5 cm³/mol. The molecule has 0 bridgehead atoms. The van der Waals surface area contributed by atoms with Crippen molar-refractivity contribution in [2.75, 3.05) is 13.2 Å². The number of aliphatic hydroxyl groups excluding tert-OH is 1. The molecule has 1 amide bonds. The van der Waals surface area contributed by atoms with Crippen molar-refractivity contribution in [1.82, 2.24) is 9.88 Å². The first kappa shape index (κ1) is 12.0. The summed E-state index contributed by atoms with van der Waals surface area (Å²) in [5.41, 5.74) is 1.88. The van der Waals surface area contributed by atoms with Crippen molar-refractivity contribution in [1.29, 1.82) is 0 Å². The highest BCUT2D eigenvalue weighted by Gasteiger charge is 2.28. The van der Waals surface area contributed by atoms with Crippen LogP contribution in [0.3, 0.4) is 0 Å². The van der Waals surface area contributed by atoms with Gasteiger partial charge in [-0.1, -0.05) is 6.07 Å². The molecule has 1 aliphatic rings. The van der Waals surface area contributed by atoms with Crippen LogP contribution in [-0.2, 0) is 11.2 Å². The highest BCUT2D eigenvalue weighted by molar-refractivity contribution is 5.79. The van der Waals surface area contributed by atoms with Crippen molar-refractivity contribution >= 4 is 5.91 Å². The zero-order valence-electron chi connectivity index (χ0n) is 10.1. The molecule has 1 aromatic heterocycles. The van der Waals surface area contributed by atoms with Gasteiger partial charge in [0.1, 0.15) is 0 Å². The molecule has 1 fully saturated rings. The van der Waals surface area contributed by atoms with Gasteiger partial charge in [-0.05, 0) is 31.4 Å². The quantitative estimate of drug-likeness (QED) is 0.846. The summed E-state index contributed by atoms with van der Waals surface area (Å²) in [6.07, 6.45) is 3.94. The molecule has 1 atom stereocenters. The number of hydrogen-bond donors (Lipinski definition) is 1. The molecule has 1 N–H and O–H groups in total. The molecule has 4 nitrogen and oxygen atoms in total. The molecule has 0 radical (unpaired) electrons. The van der Waals surface area contributed by atoms with Gasteiger partial charge < -0.3 is 10.0 Å². The fraction of sp³-hybridized carbons (Fsp3) is 0.538. The molecule has 2 rings (SSSR count). The summed E-state index contributed by atoms with van der Waals surface area (Å²) in [5, 5.41) is 9.20. The van der Waals surface area contributed by atoms with Crippen LogP contribution in [0.1, 0.15) is 24.1 Å². The fourth-order valence-electron chi connectivity index (χ4n) is 2.30. The third-order valence-electron chi connectivity index (χ3n) is 3.34. The summed E-state index contributed by atoms with van der Waals surface area (Å²) < 4.78 is 0. The second kappa shape index (κ2) is 5.27. The number of hydrogen-bond acceptors (Lipinski definition) is 3. The van der Waals surface area contributed by atoms with Crippen LogP contribution in [0.4, 0.5) is 0 Å². The number of pyridine rings is 1. The first-order valence-electron chi connectivity index (χ1n) is 6.03. The SMILES string of the molecule is Cc1cccnc1CC(=O)N1CCC[C@H]1CO. The molecule has 92 valence electrons. The van der Waals surface area contributed by atoms with Gasteiger partial charge in [-0.2, -0.15) is 0 Å². The summed E-state index contributed by atoms with van der Waals surface area (Å²) in [6, 6.07) is 3.84. The van der Waals surface area contributed by atoms with Crippen LogP contribution in [0, 0.1) is 6.92 Å². The number of rotatable bonds is 3. The number of carbonyl (C=O) groups is 1. The number of aryl methyl sites for hydroxylation is 1. The van der Waals surface area contributed by atoms with E-state index in [0.717, 1.165) is 30.6 Å². The maximum Gasteiger partial charge on any atom is 0.228 e. The standard InChI is InChI=1S/C13H18N2O2/c1-10-4-2-6-14-12(10)8-13(17)15-7-3-5-11(15)9-16/h2,4,6,11,16H,3,5,7-9H2,1H3/t11-/m0/s1. The van der Waals surface area contributed by atoms with E-state index in [0.29, 0.717) is 6.42 Å². The Hall–Kier alpha value is -1.42. The lowest BCUT2D eigenvalue weighted by molar-refractivity contribution is -0.132. The number of likely N-dealkylation sites (tertiary alicyclic amines) is 1. The molecule has 0 aliphatic carbocycles. The molecular weight excluding hydrogens is 216 g/mol. The van der Waals surface area contributed by atoms with Gasteiger partial charge >= 0.3 is 0 Å². The number of aromatic nitrogens is 1. The van der Waals surface area contributed by atoms with Crippen LogP contribution in [0.25, 0.3) is 0 Å². The molecule has 4 heteroatoms. The lowest BCUT2D eigenvalue weighted by atomic mass is 10.1. The molecule has 1 aliphatic heterocycles. The molecule has 2 heterocycles. The normalized spacial score (nSPS) is 19.6. The van der Waals surface area contributed by atoms with E-state index in [1.165, 1.54) is 0 Å². The Kier molecular flexibility index (Phi) is 3.74. The number of carbonyl (C=O) groups excluding carboxylic acids is 1. The zero-order valence-corrected chi connectivity index (χ0v) is 10.1. The minimum absolute atomic E-state index is 0.00604. The Morgan fingerprint density at radius 2 is 2.47 bits per heavy atom. The Morgan fingerprint density at radius 3 is 3.18 bits per heavy atom. The van der Waals surface area contributed by atoms with E-state index >= 15 is 0 Å². The van der Waals surface area contributed by atoms with Crippen LogP contribution in [0.5, 0.6) is 0 Å². The van der Waals surface area contributed by atoms with Crippen LogP contribution >= 0.6 is 0 Å². The van der Waals surface area contributed by atoms with Crippen LogP contribution in [0.15, 0.2) is 18.3 Å². The van der Waals surface area contributed by atoms with Crippen molar-refractivity contribution in [3.8, 4) is 0 Å². The van der Waals surface area contributed by atoms with Crippen molar-refractivity contribution < 1.29 is 9.90 Å². The zero-order chi connectivity index (χ0) is 12.3. The van der Waals surface area contributed by atoms with Gasteiger partial charge in [-0.3, -0.25) is 9.78 Å². The van der Waals surface area contributed by atoms with E-state index in [9.17, 15) is 9.90 Å². The second-order valence-electron chi connectivity index (χ2n) is 4.51. The van der Waals surface area contributed by atoms with Gasteiger partial charge in [0, 0.05) is 12.7 Å². The van der Waals surface area contributed by atoms with Crippen LogP contribution in [0.2, 0.25) is 0 Å². The van der Waals surface area contributed by atoms with Crippen molar-refractivity contribution in [3.05, 3.63) is 29.6 Å². The first-order chi connectivity index (χ1) is 8.22. The van der Waals surface area contributed by atoms with Crippen LogP contribution < -0.4 is 0 Å². The van der Waals surface area contributed by atoms with Crippen molar-refractivity contribution in [2.45, 2.75) is 32.2 Å². The molecule has 0 saturated carbocycles. The highest BCUT2D eigenvalue weighted by atomic mass is 16.3. The topological polar surface area (TPSA) is 53.4 Å². The molecular formula is C13H18N2O2. The van der Waals surface area contributed by atoms with Gasteiger partial charge in [-0.15, -0.1) is 0 Å². The predicted octanol–water partition coefficient (Wildman–Crippen LogP) is 0.916. The number of aliphatic hydroxyl groups is 1. The van der Waals surface area contributed by atoms with E-state index in [1.54, 1.807) is 11.1 Å². The highest BCUT2D eigenvalue weighted by Crippen LogP contribution is 2.18. The van der Waals surface area contributed by atoms with Crippen LogP contribution in [-0.4, -0.2) is 40.1 Å². The smallest absolute Gasteiger partial charge is 0.228 e. The lowest BCUT2D eigenvalue weighted by Gasteiger charge is -2.23. The summed E-state index contributed by atoms with van der Waals surface area (Å²) in [6.45, 7) is 2.78. The van der Waals surface area contributed by atoms with Gasteiger partial charge in [-0.25, -0.2) is 0 Å². The minimum atomic E-state index is 0.00604. The van der Waals surface area contributed by atoms with E-state index in [2.05, 4.69) is 4.98 Å². The van der Waals surface area contributed by atoms with Gasteiger partial charge in [0.05, 0.1) is 24.8 Å². The maximum absolute atomic E-state index is 12.1. The molecule has 17 heavy (non-hydrogen) atoms. The number of nitrogens with zero attached hydrogens (tertiary/aromatic N) is 2. The molecule has 0 spiro atoms. The van der Waals surface area contributed by atoms with E-state index in [-0.39, 0.29) is 18.6 Å². The third-order valence-corrected chi connectivity index (χ3v) is 3.34. The summed E-state index contributed by atoms with van der Waals surface area (Å²) >= 11 is 0. The molecule has 1 aromatic rings. The summed E-state index contributed by atoms with van der Waals surface area (Å²) in [7, 11) is 0. The second-order valence-corrected chi connectivity index (χ2v) is 4.51. The fourth-order valence-corrected chi connectivity index (χ4v) is 2.30. The van der Waals surface area contributed by atoms with Gasteiger partial charge in [0.2, 0.25) is 5.91 Å². The summed E-state index contributed by atoms with van der Waals surface area (Å²) in [5.74, 6) is 0.0725. The molecule has 0 unspecified atom stereocenters. The van der Waals surface area contributed by atoms with Gasteiger partial charge in [0.15, 0.2) is 0 Å². The average molecular weight is 234 g/mol. The Morgan fingerprint density at radius 1 is 1.65 bits per heavy atom. The monoisotopic (exact) mass is 234 g/mol. The lowest BCUT2D eigenvalue weighted by Crippen LogP contribution is -2.38. The van der Waals surface area contributed by atoms with Gasteiger partial charge in [0.25, 0.3) is 0 Å². The molecule has 1 saturated heterocycles. The third kappa shape index (κ3) is 2.64. The Labute approximate surface area is 101 Å². The van der Waals surface area contributed by atoms with Crippen molar-refractivity contribution in [3.63, 3.8) is 0 Å². The number of amides is 1. The van der Waals surface area contributed by atoms with E-state index < -0.39 is 0 Å². The first-order valence-corrected chi connectivity index (χ1v) is 6.03. The minimum Gasteiger partial charge on any atom is -0.394 e. The Balaban J connectivity index is 2.04. The van der Waals surface area contributed by atoms with Crippen molar-refractivity contribution in [2.24, 2.45) is 0 Å². The van der Waals surface area contributed by atoms with E-state index in [1.807, 2.05) is 19.1 Å². The largest absolute Gasteiger partial charge is 0.394 e. The summed E-state index contributed by atoms with van der Waals surface area (Å²) in [4.78, 5) is 18.1. The maximum atomic E-state index is 12.1.